The molecule has 0 N–H and O–H groups in total. The van der Waals surface area contributed by atoms with Crippen molar-refractivity contribution in [2.24, 2.45) is 0 Å². The number of hydrogen-bond donors (Lipinski definition) is 0. The third-order valence-electron chi connectivity index (χ3n) is 5.53. The number of halogens is 2. The molecule has 158 valence electrons. The van der Waals surface area contributed by atoms with Gasteiger partial charge < -0.3 is 9.64 Å². The van der Waals surface area contributed by atoms with Crippen LogP contribution in [0.1, 0.15) is 13.3 Å². The molecule has 2 aromatic rings. The number of benzene rings is 2. The molecule has 0 aliphatic carbocycles. The number of piperazine rings is 1. The number of imide groups is 1. The van der Waals surface area contributed by atoms with Gasteiger partial charge in [-0.2, -0.15) is 0 Å². The van der Waals surface area contributed by atoms with Crippen LogP contribution in [0.4, 0.5) is 11.4 Å². The Morgan fingerprint density at radius 3 is 2.43 bits per heavy atom. The minimum atomic E-state index is -0.427. The molecule has 0 radical (unpaired) electrons. The van der Waals surface area contributed by atoms with E-state index in [-0.39, 0.29) is 18.2 Å². The highest BCUT2D eigenvalue weighted by atomic mass is 35.5. The molecule has 8 heteroatoms. The Kier molecular flexibility index (Phi) is 6.18. The SMILES string of the molecule is CCOc1cccc(N2C(=O)C[C@@H](N3CCN(c4ccc(Cl)c(Cl)c4)CC3)C2=O)c1. The maximum atomic E-state index is 13.1. The monoisotopic (exact) mass is 447 g/mol. The van der Waals surface area contributed by atoms with E-state index in [4.69, 9.17) is 27.9 Å². The van der Waals surface area contributed by atoms with E-state index in [0.29, 0.717) is 41.2 Å². The summed E-state index contributed by atoms with van der Waals surface area (Å²) in [5, 5.41) is 1.06. The van der Waals surface area contributed by atoms with Gasteiger partial charge in [0.25, 0.3) is 5.91 Å². The van der Waals surface area contributed by atoms with Crippen LogP contribution >= 0.6 is 23.2 Å². The molecule has 2 amide bonds. The fraction of sp³-hybridized carbons (Fsp3) is 0.364. The molecule has 2 aliphatic heterocycles. The molecule has 2 aliphatic rings. The van der Waals surface area contributed by atoms with Gasteiger partial charge >= 0.3 is 0 Å². The summed E-state index contributed by atoms with van der Waals surface area (Å²) in [5.74, 6) is 0.302. The Morgan fingerprint density at radius 1 is 0.967 bits per heavy atom. The van der Waals surface area contributed by atoms with Crippen molar-refractivity contribution in [3.05, 3.63) is 52.5 Å². The Labute approximate surface area is 185 Å². The Balaban J connectivity index is 1.43. The predicted molar refractivity (Wildman–Crippen MR) is 119 cm³/mol. The van der Waals surface area contributed by atoms with Crippen LogP contribution < -0.4 is 14.5 Å². The lowest BCUT2D eigenvalue weighted by molar-refractivity contribution is -0.123. The van der Waals surface area contributed by atoms with E-state index in [1.54, 1.807) is 24.3 Å². The highest BCUT2D eigenvalue weighted by Gasteiger charge is 2.43. The van der Waals surface area contributed by atoms with E-state index in [1.165, 1.54) is 4.90 Å². The molecule has 0 unspecified atom stereocenters. The molecule has 6 nitrogen and oxygen atoms in total. The standard InChI is InChI=1S/C22H23Cl2N3O3/c1-2-30-17-5-3-4-16(12-17)27-21(28)14-20(22(27)29)26-10-8-25(9-11-26)15-6-7-18(23)19(24)13-15/h3-7,12-13,20H,2,8-11,14H2,1H3/t20-/m1/s1. The first-order chi connectivity index (χ1) is 14.5. The molecule has 1 atom stereocenters. The lowest BCUT2D eigenvalue weighted by Crippen LogP contribution is -2.52. The van der Waals surface area contributed by atoms with Crippen LogP contribution in [0.2, 0.25) is 10.0 Å². The van der Waals surface area contributed by atoms with Crippen LogP contribution in [-0.4, -0.2) is 55.5 Å². The zero-order valence-corrected chi connectivity index (χ0v) is 18.2. The van der Waals surface area contributed by atoms with Crippen molar-refractivity contribution in [2.75, 3.05) is 42.6 Å². The molecule has 0 bridgehead atoms. The maximum Gasteiger partial charge on any atom is 0.251 e. The number of carbonyl (C=O) groups excluding carboxylic acids is 2. The first-order valence-electron chi connectivity index (χ1n) is 10.0. The number of anilines is 2. The molecule has 30 heavy (non-hydrogen) atoms. The van der Waals surface area contributed by atoms with E-state index in [0.717, 1.165) is 18.8 Å². The average Bonchev–Trinajstić information content (AvgIpc) is 3.04. The van der Waals surface area contributed by atoms with Crippen molar-refractivity contribution in [2.45, 2.75) is 19.4 Å². The predicted octanol–water partition coefficient (Wildman–Crippen LogP) is 3.85. The molecule has 2 fully saturated rings. The second-order valence-electron chi connectivity index (χ2n) is 7.34. The van der Waals surface area contributed by atoms with Crippen molar-refractivity contribution in [3.8, 4) is 5.75 Å². The van der Waals surface area contributed by atoms with Crippen molar-refractivity contribution in [1.82, 2.24) is 4.90 Å². The number of ether oxygens (including phenoxy) is 1. The molecule has 0 spiro atoms. The average molecular weight is 448 g/mol. The number of carbonyl (C=O) groups is 2. The summed E-state index contributed by atoms with van der Waals surface area (Å²) in [7, 11) is 0. The van der Waals surface area contributed by atoms with Crippen LogP contribution in [0.15, 0.2) is 42.5 Å². The minimum absolute atomic E-state index is 0.170. The van der Waals surface area contributed by atoms with Crippen molar-refractivity contribution in [1.29, 1.82) is 0 Å². The summed E-state index contributed by atoms with van der Waals surface area (Å²) < 4.78 is 5.51. The van der Waals surface area contributed by atoms with E-state index in [1.807, 2.05) is 25.1 Å². The van der Waals surface area contributed by atoms with Gasteiger partial charge in [0.15, 0.2) is 0 Å². The summed E-state index contributed by atoms with van der Waals surface area (Å²) in [4.78, 5) is 31.4. The largest absolute Gasteiger partial charge is 0.494 e. The zero-order chi connectivity index (χ0) is 21.3. The highest BCUT2D eigenvalue weighted by Crippen LogP contribution is 2.31. The summed E-state index contributed by atoms with van der Waals surface area (Å²) in [6, 6.07) is 12.3. The number of rotatable bonds is 5. The molecule has 4 rings (SSSR count). The molecule has 0 saturated carbocycles. The van der Waals surface area contributed by atoms with Gasteiger partial charge in [-0.25, -0.2) is 4.90 Å². The second kappa shape index (κ2) is 8.84. The van der Waals surface area contributed by atoms with Gasteiger partial charge in [0.05, 0.1) is 34.8 Å². The first-order valence-corrected chi connectivity index (χ1v) is 10.8. The molecular weight excluding hydrogens is 425 g/mol. The molecule has 2 heterocycles. The highest BCUT2D eigenvalue weighted by molar-refractivity contribution is 6.42. The lowest BCUT2D eigenvalue weighted by Gasteiger charge is -2.38. The van der Waals surface area contributed by atoms with Crippen molar-refractivity contribution < 1.29 is 14.3 Å². The minimum Gasteiger partial charge on any atom is -0.494 e. The fourth-order valence-corrected chi connectivity index (χ4v) is 4.32. The number of hydrogen-bond acceptors (Lipinski definition) is 5. The number of nitrogens with zero attached hydrogens (tertiary/aromatic N) is 3. The molecule has 2 saturated heterocycles. The van der Waals surface area contributed by atoms with Crippen LogP contribution in [-0.2, 0) is 9.59 Å². The van der Waals surface area contributed by atoms with E-state index >= 15 is 0 Å². The molecular formula is C22H23Cl2N3O3. The molecule has 2 aromatic carbocycles. The third-order valence-corrected chi connectivity index (χ3v) is 6.27. The zero-order valence-electron chi connectivity index (χ0n) is 16.7. The van der Waals surface area contributed by atoms with Crippen molar-refractivity contribution in [3.63, 3.8) is 0 Å². The topological polar surface area (TPSA) is 53.1 Å². The van der Waals surface area contributed by atoms with Gasteiger partial charge in [-0.3, -0.25) is 14.5 Å². The third kappa shape index (κ3) is 4.13. The maximum absolute atomic E-state index is 13.1. The van der Waals surface area contributed by atoms with Gasteiger partial charge in [0, 0.05) is 37.9 Å². The van der Waals surface area contributed by atoms with E-state index < -0.39 is 6.04 Å². The lowest BCUT2D eigenvalue weighted by atomic mass is 10.1. The summed E-state index contributed by atoms with van der Waals surface area (Å²) in [6.45, 7) is 5.29. The second-order valence-corrected chi connectivity index (χ2v) is 8.15. The van der Waals surface area contributed by atoms with Gasteiger partial charge in [-0.05, 0) is 37.3 Å². The summed E-state index contributed by atoms with van der Waals surface area (Å²) in [6.07, 6.45) is 0.199. The van der Waals surface area contributed by atoms with Gasteiger partial charge in [0.1, 0.15) is 5.75 Å². The van der Waals surface area contributed by atoms with E-state index in [9.17, 15) is 9.59 Å². The van der Waals surface area contributed by atoms with Crippen LogP contribution in [0.3, 0.4) is 0 Å². The molecule has 0 aromatic heterocycles. The Hall–Kier alpha value is -2.28. The van der Waals surface area contributed by atoms with E-state index in [2.05, 4.69) is 9.80 Å². The van der Waals surface area contributed by atoms with Gasteiger partial charge in [-0.15, -0.1) is 0 Å². The van der Waals surface area contributed by atoms with Crippen molar-refractivity contribution >= 4 is 46.4 Å². The summed E-state index contributed by atoms with van der Waals surface area (Å²) in [5.41, 5.74) is 1.57. The van der Waals surface area contributed by atoms with Gasteiger partial charge in [-0.1, -0.05) is 29.3 Å². The number of amides is 2. The fourth-order valence-electron chi connectivity index (χ4n) is 4.03. The summed E-state index contributed by atoms with van der Waals surface area (Å²) >= 11 is 12.1. The normalized spacial score (nSPS) is 20.2. The Morgan fingerprint density at radius 2 is 1.73 bits per heavy atom. The van der Waals surface area contributed by atoms with Crippen LogP contribution in [0.5, 0.6) is 5.75 Å². The smallest absolute Gasteiger partial charge is 0.251 e. The quantitative estimate of drug-likeness (QED) is 0.651. The first kappa shape index (κ1) is 21.0. The Bertz CT molecular complexity index is 960. The van der Waals surface area contributed by atoms with Crippen LogP contribution in [0, 0.1) is 0 Å². The van der Waals surface area contributed by atoms with Crippen LogP contribution in [0.25, 0.3) is 0 Å². The van der Waals surface area contributed by atoms with Gasteiger partial charge in [0.2, 0.25) is 5.91 Å².